The second-order valence-electron chi connectivity index (χ2n) is 3.19. The highest BCUT2D eigenvalue weighted by Crippen LogP contribution is 2.08. The second-order valence-corrected chi connectivity index (χ2v) is 3.19. The number of nitrogens with zero attached hydrogens (tertiary/aromatic N) is 2. The van der Waals surface area contributed by atoms with Crippen LogP contribution in [-0.2, 0) is 4.79 Å². The number of likely N-dealkylation sites (tertiary alicyclic amines) is 1. The molecule has 0 bridgehead atoms. The minimum Gasteiger partial charge on any atom is -0.477 e. The summed E-state index contributed by atoms with van der Waals surface area (Å²) in [6.45, 7) is 2.03. The van der Waals surface area contributed by atoms with Crippen LogP contribution in [0, 0.1) is 0 Å². The number of hydrogen-bond acceptors (Lipinski definition) is 4. The third-order valence-corrected chi connectivity index (χ3v) is 2.19. The monoisotopic (exact) mass is 186 g/mol. The van der Waals surface area contributed by atoms with E-state index in [2.05, 4.69) is 5.16 Å². The van der Waals surface area contributed by atoms with Gasteiger partial charge in [-0.25, -0.2) is 4.79 Å². The normalized spacial score (nSPS) is 20.2. The van der Waals surface area contributed by atoms with Gasteiger partial charge < -0.3 is 10.3 Å². The van der Waals surface area contributed by atoms with E-state index >= 15 is 0 Å². The molecule has 0 atom stereocenters. The largest absolute Gasteiger partial charge is 0.477 e. The van der Waals surface area contributed by atoms with E-state index in [9.17, 15) is 4.79 Å². The van der Waals surface area contributed by atoms with Crippen LogP contribution in [0.2, 0.25) is 0 Å². The molecule has 0 spiro atoms. The van der Waals surface area contributed by atoms with E-state index < -0.39 is 5.97 Å². The van der Waals surface area contributed by atoms with Crippen molar-refractivity contribution in [3.63, 3.8) is 0 Å². The van der Waals surface area contributed by atoms with Crippen molar-refractivity contribution < 1.29 is 15.1 Å². The van der Waals surface area contributed by atoms with Crippen molar-refractivity contribution >= 4 is 11.7 Å². The average Bonchev–Trinajstić information content (AvgIpc) is 2.15. The molecule has 0 aromatic rings. The highest BCUT2D eigenvalue weighted by molar-refractivity contribution is 6.36. The van der Waals surface area contributed by atoms with Gasteiger partial charge in [0.1, 0.15) is 0 Å². The fourth-order valence-electron chi connectivity index (χ4n) is 1.47. The number of carbonyl (C=O) groups is 1. The summed E-state index contributed by atoms with van der Waals surface area (Å²) in [4.78, 5) is 12.5. The Hall–Kier alpha value is -1.10. The third kappa shape index (κ3) is 3.02. The number of oxime groups is 1. The molecule has 5 heteroatoms. The first-order valence-corrected chi connectivity index (χ1v) is 4.40. The first kappa shape index (κ1) is 9.98. The van der Waals surface area contributed by atoms with Crippen LogP contribution in [0.3, 0.4) is 0 Å². The summed E-state index contributed by atoms with van der Waals surface area (Å²) < 4.78 is 0. The Morgan fingerprint density at radius 3 is 2.38 bits per heavy atom. The van der Waals surface area contributed by atoms with Gasteiger partial charge in [-0.05, 0) is 25.9 Å². The van der Waals surface area contributed by atoms with E-state index in [1.165, 1.54) is 6.42 Å². The molecule has 1 rings (SSSR count). The lowest BCUT2D eigenvalue weighted by Crippen LogP contribution is -2.37. The van der Waals surface area contributed by atoms with Crippen molar-refractivity contribution in [3.8, 4) is 0 Å². The summed E-state index contributed by atoms with van der Waals surface area (Å²) in [6.07, 6.45) is 3.39. The van der Waals surface area contributed by atoms with Gasteiger partial charge in [0.2, 0.25) is 0 Å². The fourth-order valence-corrected chi connectivity index (χ4v) is 1.47. The minimum atomic E-state index is -1.15. The van der Waals surface area contributed by atoms with Crippen LogP contribution in [0.1, 0.15) is 19.3 Å². The topological polar surface area (TPSA) is 73.1 Å². The Labute approximate surface area is 76.6 Å². The van der Waals surface area contributed by atoms with Gasteiger partial charge >= 0.3 is 5.97 Å². The average molecular weight is 186 g/mol. The number of aliphatic carboxylic acids is 1. The summed E-state index contributed by atoms with van der Waals surface area (Å²) in [5.74, 6) is -1.15. The second kappa shape index (κ2) is 4.81. The lowest BCUT2D eigenvalue weighted by molar-refractivity contribution is -0.129. The predicted molar refractivity (Wildman–Crippen MR) is 47.1 cm³/mol. The van der Waals surface area contributed by atoms with Gasteiger partial charge in [-0.1, -0.05) is 11.6 Å². The first-order chi connectivity index (χ1) is 6.24. The van der Waals surface area contributed by atoms with Crippen LogP contribution >= 0.6 is 0 Å². The predicted octanol–water partition coefficient (Wildman–Crippen LogP) is 0.387. The molecule has 0 aromatic carbocycles. The molecule has 0 saturated carbocycles. The van der Waals surface area contributed by atoms with Crippen LogP contribution in [0.4, 0.5) is 0 Å². The first-order valence-electron chi connectivity index (χ1n) is 4.40. The van der Waals surface area contributed by atoms with Crippen LogP contribution in [0.15, 0.2) is 5.16 Å². The Balaban J connectivity index is 2.41. The summed E-state index contributed by atoms with van der Waals surface area (Å²) in [5, 5.41) is 19.8. The summed E-state index contributed by atoms with van der Waals surface area (Å²) >= 11 is 0. The molecule has 2 N–H and O–H groups in total. The summed E-state index contributed by atoms with van der Waals surface area (Å²) in [6, 6.07) is 0. The lowest BCUT2D eigenvalue weighted by atomic mass is 10.1. The molecular formula is C8H14N2O3. The number of rotatable bonds is 3. The molecule has 0 amide bonds. The Kier molecular flexibility index (Phi) is 3.70. The standard InChI is InChI=1S/C8H14N2O3/c11-8(12)7(9-13)6-10-4-2-1-3-5-10/h13H,1-6H2,(H,11,12). The molecule has 1 saturated heterocycles. The van der Waals surface area contributed by atoms with Crippen LogP contribution < -0.4 is 0 Å². The van der Waals surface area contributed by atoms with E-state index in [0.717, 1.165) is 25.9 Å². The molecule has 1 heterocycles. The van der Waals surface area contributed by atoms with E-state index in [0.29, 0.717) is 0 Å². The highest BCUT2D eigenvalue weighted by Gasteiger charge is 2.17. The molecular weight excluding hydrogens is 172 g/mol. The van der Waals surface area contributed by atoms with Crippen LogP contribution in [0.5, 0.6) is 0 Å². The number of hydrogen-bond donors (Lipinski definition) is 2. The van der Waals surface area contributed by atoms with Crippen molar-refractivity contribution in [1.29, 1.82) is 0 Å². The van der Waals surface area contributed by atoms with Gasteiger partial charge in [-0.15, -0.1) is 0 Å². The van der Waals surface area contributed by atoms with Crippen molar-refractivity contribution in [1.82, 2.24) is 4.90 Å². The Bertz CT molecular complexity index is 209. The molecule has 0 aromatic heterocycles. The quantitative estimate of drug-likeness (QED) is 0.380. The van der Waals surface area contributed by atoms with E-state index in [4.69, 9.17) is 10.3 Å². The smallest absolute Gasteiger partial charge is 0.355 e. The Morgan fingerprint density at radius 2 is 1.92 bits per heavy atom. The lowest BCUT2D eigenvalue weighted by Gasteiger charge is -2.25. The zero-order chi connectivity index (χ0) is 9.68. The summed E-state index contributed by atoms with van der Waals surface area (Å²) in [7, 11) is 0. The number of carboxylic acid groups (broad SMARTS) is 1. The maximum Gasteiger partial charge on any atom is 0.355 e. The summed E-state index contributed by atoms with van der Waals surface area (Å²) in [5.41, 5.74) is -0.179. The zero-order valence-electron chi connectivity index (χ0n) is 7.44. The highest BCUT2D eigenvalue weighted by atomic mass is 16.4. The maximum atomic E-state index is 10.5. The van der Waals surface area contributed by atoms with E-state index in [1.54, 1.807) is 0 Å². The van der Waals surface area contributed by atoms with Gasteiger partial charge in [0.15, 0.2) is 5.71 Å². The minimum absolute atomic E-state index is 0.179. The van der Waals surface area contributed by atoms with Crippen LogP contribution in [-0.4, -0.2) is 46.5 Å². The molecule has 74 valence electrons. The molecule has 0 radical (unpaired) electrons. The van der Waals surface area contributed by atoms with Gasteiger partial charge in [0, 0.05) is 0 Å². The van der Waals surface area contributed by atoms with E-state index in [1.807, 2.05) is 4.90 Å². The SMILES string of the molecule is O=C(O)C(CN1CCCCC1)=NO. The van der Waals surface area contributed by atoms with Gasteiger partial charge in [0.05, 0.1) is 6.54 Å². The molecule has 1 fully saturated rings. The van der Waals surface area contributed by atoms with Crippen molar-refractivity contribution in [2.45, 2.75) is 19.3 Å². The molecule has 5 nitrogen and oxygen atoms in total. The molecule has 0 aliphatic carbocycles. The third-order valence-electron chi connectivity index (χ3n) is 2.19. The van der Waals surface area contributed by atoms with Crippen molar-refractivity contribution in [3.05, 3.63) is 0 Å². The number of piperidine rings is 1. The molecule has 13 heavy (non-hydrogen) atoms. The van der Waals surface area contributed by atoms with Crippen molar-refractivity contribution in [2.24, 2.45) is 5.16 Å². The molecule has 1 aliphatic heterocycles. The van der Waals surface area contributed by atoms with Crippen LogP contribution in [0.25, 0.3) is 0 Å². The zero-order valence-corrected chi connectivity index (χ0v) is 7.44. The molecule has 1 aliphatic rings. The Morgan fingerprint density at radius 1 is 1.31 bits per heavy atom. The van der Waals surface area contributed by atoms with Gasteiger partial charge in [0.25, 0.3) is 0 Å². The van der Waals surface area contributed by atoms with Crippen molar-refractivity contribution in [2.75, 3.05) is 19.6 Å². The number of carboxylic acids is 1. The maximum absolute atomic E-state index is 10.5. The van der Waals surface area contributed by atoms with E-state index in [-0.39, 0.29) is 12.3 Å². The molecule has 0 unspecified atom stereocenters. The fraction of sp³-hybridized carbons (Fsp3) is 0.750. The van der Waals surface area contributed by atoms with Gasteiger partial charge in [-0.3, -0.25) is 4.90 Å². The van der Waals surface area contributed by atoms with Gasteiger partial charge in [-0.2, -0.15) is 0 Å².